The largest absolute Gasteiger partial charge is 0.494 e. The van der Waals surface area contributed by atoms with E-state index in [1.54, 1.807) is 23.2 Å². The minimum atomic E-state index is -0.306. The number of hydrogen-bond acceptors (Lipinski definition) is 5. The second-order valence-electron chi connectivity index (χ2n) is 6.01. The Bertz CT molecular complexity index is 710. The summed E-state index contributed by atoms with van der Waals surface area (Å²) in [6.45, 7) is 3.70. The SMILES string of the molecule is CCOc1ccc(Nc2ncccc2C(=O)N2CCC(O)CC2)cc1. The summed E-state index contributed by atoms with van der Waals surface area (Å²) in [4.78, 5) is 18.9. The number of nitrogens with one attached hydrogen (secondary N) is 1. The fraction of sp³-hybridized carbons (Fsp3) is 0.368. The molecule has 0 saturated carbocycles. The normalized spacial score (nSPS) is 15.0. The number of aromatic nitrogens is 1. The van der Waals surface area contributed by atoms with Crippen molar-refractivity contribution in [3.63, 3.8) is 0 Å². The first-order chi connectivity index (χ1) is 12.2. The zero-order valence-corrected chi connectivity index (χ0v) is 14.3. The monoisotopic (exact) mass is 341 g/mol. The highest BCUT2D eigenvalue weighted by molar-refractivity contribution is 5.99. The first-order valence-corrected chi connectivity index (χ1v) is 8.59. The lowest BCUT2D eigenvalue weighted by Gasteiger charge is -2.30. The molecule has 1 saturated heterocycles. The molecule has 6 heteroatoms. The lowest BCUT2D eigenvalue weighted by molar-refractivity contribution is 0.0547. The molecule has 0 unspecified atom stereocenters. The summed E-state index contributed by atoms with van der Waals surface area (Å²) in [5, 5.41) is 12.8. The zero-order chi connectivity index (χ0) is 17.6. The molecule has 2 heterocycles. The van der Waals surface area contributed by atoms with Crippen molar-refractivity contribution in [2.75, 3.05) is 25.0 Å². The van der Waals surface area contributed by atoms with Crippen molar-refractivity contribution in [3.05, 3.63) is 48.2 Å². The second-order valence-corrected chi connectivity index (χ2v) is 6.01. The van der Waals surface area contributed by atoms with Crippen molar-refractivity contribution in [2.45, 2.75) is 25.9 Å². The van der Waals surface area contributed by atoms with Gasteiger partial charge in [-0.05, 0) is 56.2 Å². The van der Waals surface area contributed by atoms with Crippen LogP contribution in [0, 0.1) is 0 Å². The molecule has 1 amide bonds. The molecule has 0 atom stereocenters. The van der Waals surface area contributed by atoms with Crippen LogP contribution in [0.4, 0.5) is 11.5 Å². The van der Waals surface area contributed by atoms with Gasteiger partial charge < -0.3 is 20.1 Å². The fourth-order valence-corrected chi connectivity index (χ4v) is 2.85. The van der Waals surface area contributed by atoms with E-state index in [-0.39, 0.29) is 12.0 Å². The number of piperidine rings is 1. The number of benzene rings is 1. The van der Waals surface area contributed by atoms with Crippen LogP contribution in [-0.2, 0) is 0 Å². The Labute approximate surface area is 147 Å². The molecule has 0 bridgehead atoms. The molecular formula is C19H23N3O3. The van der Waals surface area contributed by atoms with Crippen LogP contribution in [0.25, 0.3) is 0 Å². The Hall–Kier alpha value is -2.60. The van der Waals surface area contributed by atoms with E-state index in [4.69, 9.17) is 4.74 Å². The number of aliphatic hydroxyl groups is 1. The Morgan fingerprint density at radius 2 is 2.00 bits per heavy atom. The molecule has 25 heavy (non-hydrogen) atoms. The summed E-state index contributed by atoms with van der Waals surface area (Å²) in [6.07, 6.45) is 2.59. The van der Waals surface area contributed by atoms with Gasteiger partial charge in [0.1, 0.15) is 11.6 Å². The van der Waals surface area contributed by atoms with E-state index in [0.717, 1.165) is 11.4 Å². The molecule has 132 valence electrons. The van der Waals surface area contributed by atoms with Crippen LogP contribution in [0.3, 0.4) is 0 Å². The predicted octanol–water partition coefficient (Wildman–Crippen LogP) is 2.82. The molecular weight excluding hydrogens is 318 g/mol. The van der Waals surface area contributed by atoms with Crippen LogP contribution in [-0.4, -0.2) is 46.7 Å². The van der Waals surface area contributed by atoms with Crippen LogP contribution in [0.15, 0.2) is 42.6 Å². The average Bonchev–Trinajstić information content (AvgIpc) is 2.64. The quantitative estimate of drug-likeness (QED) is 0.875. The number of anilines is 2. The van der Waals surface area contributed by atoms with Crippen molar-refractivity contribution < 1.29 is 14.6 Å². The van der Waals surface area contributed by atoms with Crippen LogP contribution in [0.5, 0.6) is 5.75 Å². The third-order valence-electron chi connectivity index (χ3n) is 4.22. The Morgan fingerprint density at radius 1 is 1.28 bits per heavy atom. The highest BCUT2D eigenvalue weighted by Crippen LogP contribution is 2.23. The molecule has 2 N–H and O–H groups in total. The van der Waals surface area contributed by atoms with Gasteiger partial charge in [0.15, 0.2) is 0 Å². The summed E-state index contributed by atoms with van der Waals surface area (Å²) in [6, 6.07) is 11.1. The van der Waals surface area contributed by atoms with Crippen molar-refractivity contribution in [2.24, 2.45) is 0 Å². The topological polar surface area (TPSA) is 74.7 Å². The van der Waals surface area contributed by atoms with Gasteiger partial charge in [0.2, 0.25) is 0 Å². The van der Waals surface area contributed by atoms with Crippen molar-refractivity contribution in [1.29, 1.82) is 0 Å². The van der Waals surface area contributed by atoms with Crippen LogP contribution in [0.2, 0.25) is 0 Å². The van der Waals surface area contributed by atoms with E-state index in [1.165, 1.54) is 0 Å². The number of aliphatic hydroxyl groups excluding tert-OH is 1. The van der Waals surface area contributed by atoms with Gasteiger partial charge in [-0.2, -0.15) is 0 Å². The number of hydrogen-bond donors (Lipinski definition) is 2. The molecule has 1 aliphatic heterocycles. The van der Waals surface area contributed by atoms with E-state index in [9.17, 15) is 9.90 Å². The smallest absolute Gasteiger partial charge is 0.257 e. The molecule has 6 nitrogen and oxygen atoms in total. The maximum absolute atomic E-state index is 12.8. The maximum atomic E-state index is 12.8. The number of nitrogens with zero attached hydrogens (tertiary/aromatic N) is 2. The van der Waals surface area contributed by atoms with E-state index < -0.39 is 0 Å². The number of amides is 1. The van der Waals surface area contributed by atoms with Gasteiger partial charge >= 0.3 is 0 Å². The van der Waals surface area contributed by atoms with E-state index in [1.807, 2.05) is 31.2 Å². The van der Waals surface area contributed by atoms with Gasteiger partial charge in [0.05, 0.1) is 18.3 Å². The Morgan fingerprint density at radius 3 is 2.68 bits per heavy atom. The van der Waals surface area contributed by atoms with E-state index in [2.05, 4.69) is 10.3 Å². The minimum Gasteiger partial charge on any atom is -0.494 e. The molecule has 0 aliphatic carbocycles. The zero-order valence-electron chi connectivity index (χ0n) is 14.3. The van der Waals surface area contributed by atoms with Crippen molar-refractivity contribution in [1.82, 2.24) is 9.88 Å². The number of carbonyl (C=O) groups excluding carboxylic acids is 1. The van der Waals surface area contributed by atoms with Crippen LogP contribution >= 0.6 is 0 Å². The van der Waals surface area contributed by atoms with Crippen molar-refractivity contribution in [3.8, 4) is 5.75 Å². The number of likely N-dealkylation sites (tertiary alicyclic amines) is 1. The molecule has 1 fully saturated rings. The Kier molecular flexibility index (Phi) is 5.50. The highest BCUT2D eigenvalue weighted by atomic mass is 16.5. The molecule has 1 aromatic carbocycles. The standard InChI is InChI=1S/C19H23N3O3/c1-2-25-16-7-5-14(6-8-16)21-18-17(4-3-11-20-18)19(24)22-12-9-15(23)10-13-22/h3-8,11,15,23H,2,9-10,12-13H2,1H3,(H,20,21). The Balaban J connectivity index is 1.75. The molecule has 1 aromatic heterocycles. The summed E-state index contributed by atoms with van der Waals surface area (Å²) < 4.78 is 5.44. The molecule has 1 aliphatic rings. The van der Waals surface area contributed by atoms with E-state index in [0.29, 0.717) is 43.9 Å². The van der Waals surface area contributed by atoms with Crippen molar-refractivity contribution >= 4 is 17.4 Å². The molecule has 2 aromatic rings. The number of pyridine rings is 1. The van der Waals surface area contributed by atoms with Crippen LogP contribution < -0.4 is 10.1 Å². The summed E-state index contributed by atoms with van der Waals surface area (Å²) in [7, 11) is 0. The van der Waals surface area contributed by atoms with Crippen LogP contribution in [0.1, 0.15) is 30.1 Å². The number of ether oxygens (including phenoxy) is 1. The van der Waals surface area contributed by atoms with Gasteiger partial charge in [0.25, 0.3) is 5.91 Å². The maximum Gasteiger partial charge on any atom is 0.257 e. The third-order valence-corrected chi connectivity index (χ3v) is 4.22. The lowest BCUT2D eigenvalue weighted by Crippen LogP contribution is -2.40. The molecule has 3 rings (SSSR count). The first-order valence-electron chi connectivity index (χ1n) is 8.59. The van der Waals surface area contributed by atoms with Gasteiger partial charge in [-0.15, -0.1) is 0 Å². The summed E-state index contributed by atoms with van der Waals surface area (Å²) in [5.74, 6) is 1.27. The summed E-state index contributed by atoms with van der Waals surface area (Å²) in [5.41, 5.74) is 1.37. The third kappa shape index (κ3) is 4.28. The van der Waals surface area contributed by atoms with E-state index >= 15 is 0 Å². The highest BCUT2D eigenvalue weighted by Gasteiger charge is 2.24. The van der Waals surface area contributed by atoms with Gasteiger partial charge in [0, 0.05) is 25.0 Å². The number of carbonyl (C=O) groups is 1. The minimum absolute atomic E-state index is 0.0616. The van der Waals surface area contributed by atoms with Gasteiger partial charge in [-0.25, -0.2) is 4.98 Å². The second kappa shape index (κ2) is 7.98. The predicted molar refractivity (Wildman–Crippen MR) is 96.3 cm³/mol. The molecule has 0 radical (unpaired) electrons. The average molecular weight is 341 g/mol. The van der Waals surface area contributed by atoms with Gasteiger partial charge in [-0.3, -0.25) is 4.79 Å². The number of rotatable bonds is 5. The fourth-order valence-electron chi connectivity index (χ4n) is 2.85. The summed E-state index contributed by atoms with van der Waals surface area (Å²) >= 11 is 0. The van der Waals surface area contributed by atoms with Gasteiger partial charge in [-0.1, -0.05) is 0 Å². The lowest BCUT2D eigenvalue weighted by atomic mass is 10.1. The molecule has 0 spiro atoms. The first kappa shape index (κ1) is 17.2.